The van der Waals surface area contributed by atoms with E-state index in [-0.39, 0.29) is 48.6 Å². The number of furan rings is 1. The first-order valence-corrected chi connectivity index (χ1v) is 12.8. The monoisotopic (exact) mass is 508 g/mol. The van der Waals surface area contributed by atoms with Crippen LogP contribution >= 0.6 is 0 Å². The molecule has 2 N–H and O–H groups in total. The Balaban J connectivity index is 1.42. The molecule has 2 fully saturated rings. The number of carbonyl (C=O) groups excluding carboxylic acids is 2. The van der Waals surface area contributed by atoms with Gasteiger partial charge in [0.15, 0.2) is 5.76 Å². The highest BCUT2D eigenvalue weighted by molar-refractivity contribution is 5.89. The highest BCUT2D eigenvalue weighted by Crippen LogP contribution is 2.28. The van der Waals surface area contributed by atoms with Crippen molar-refractivity contribution in [3.05, 3.63) is 47.7 Å². The molecule has 1 aromatic carbocycles. The SMILES string of the molecule is Cc1ccc(-c2nnn(CC(=O)N(C[C@H]3CCCO3)[C@H](C(=O)NC3CCCC3)c3ccc(O)cc3)n2)o1. The van der Waals surface area contributed by atoms with Crippen LogP contribution in [0.1, 0.15) is 55.9 Å². The zero-order valence-electron chi connectivity index (χ0n) is 20.9. The molecule has 1 saturated carbocycles. The Morgan fingerprint density at radius 3 is 2.59 bits per heavy atom. The molecule has 2 atom stereocenters. The largest absolute Gasteiger partial charge is 0.508 e. The second-order valence-electron chi connectivity index (χ2n) is 9.72. The van der Waals surface area contributed by atoms with Crippen molar-refractivity contribution in [3.63, 3.8) is 0 Å². The minimum atomic E-state index is -0.895. The van der Waals surface area contributed by atoms with Gasteiger partial charge in [0, 0.05) is 19.2 Å². The Hall–Kier alpha value is -3.73. The first kappa shape index (κ1) is 24.9. The number of nitrogens with zero attached hydrogens (tertiary/aromatic N) is 5. The van der Waals surface area contributed by atoms with Crippen molar-refractivity contribution in [2.24, 2.45) is 0 Å². The number of phenolic OH excluding ortho intramolecular Hbond substituents is 1. The maximum Gasteiger partial charge on any atom is 0.247 e. The number of aryl methyl sites for hydroxylation is 1. The van der Waals surface area contributed by atoms with Crippen LogP contribution in [0, 0.1) is 6.92 Å². The van der Waals surface area contributed by atoms with Crippen molar-refractivity contribution < 1.29 is 23.8 Å². The van der Waals surface area contributed by atoms with E-state index in [0.717, 1.165) is 44.3 Å². The van der Waals surface area contributed by atoms with E-state index in [0.29, 0.717) is 17.9 Å². The highest BCUT2D eigenvalue weighted by atomic mass is 16.5. The highest BCUT2D eigenvalue weighted by Gasteiger charge is 2.35. The first-order valence-electron chi connectivity index (χ1n) is 12.8. The first-order chi connectivity index (χ1) is 18.0. The minimum Gasteiger partial charge on any atom is -0.508 e. The van der Waals surface area contributed by atoms with Crippen LogP contribution in [0.2, 0.25) is 0 Å². The van der Waals surface area contributed by atoms with Gasteiger partial charge in [0.05, 0.1) is 6.10 Å². The van der Waals surface area contributed by atoms with Crippen molar-refractivity contribution in [1.82, 2.24) is 30.4 Å². The van der Waals surface area contributed by atoms with Crippen LogP contribution in [0.3, 0.4) is 0 Å². The maximum atomic E-state index is 13.8. The van der Waals surface area contributed by atoms with Crippen molar-refractivity contribution in [1.29, 1.82) is 0 Å². The van der Waals surface area contributed by atoms with Crippen LogP contribution < -0.4 is 5.32 Å². The molecule has 2 amide bonds. The summed E-state index contributed by atoms with van der Waals surface area (Å²) in [5.74, 6) is 0.960. The molecule has 3 aromatic rings. The summed E-state index contributed by atoms with van der Waals surface area (Å²) in [6, 6.07) is 9.14. The lowest BCUT2D eigenvalue weighted by molar-refractivity contribution is -0.143. The number of tetrazole rings is 1. The molecule has 2 aromatic heterocycles. The number of nitrogens with one attached hydrogen (secondary N) is 1. The van der Waals surface area contributed by atoms with Crippen molar-refractivity contribution in [2.75, 3.05) is 13.2 Å². The lowest BCUT2D eigenvalue weighted by atomic mass is 10.0. The summed E-state index contributed by atoms with van der Waals surface area (Å²) in [5, 5.41) is 25.3. The van der Waals surface area contributed by atoms with Crippen LogP contribution in [0.25, 0.3) is 11.6 Å². The summed E-state index contributed by atoms with van der Waals surface area (Å²) in [6.07, 6.45) is 5.53. The van der Waals surface area contributed by atoms with Crippen molar-refractivity contribution >= 4 is 11.8 Å². The molecule has 2 aliphatic rings. The van der Waals surface area contributed by atoms with Gasteiger partial charge in [-0.05, 0) is 67.6 Å². The van der Waals surface area contributed by atoms with E-state index in [1.54, 1.807) is 29.2 Å². The van der Waals surface area contributed by atoms with Crippen LogP contribution in [0.4, 0.5) is 0 Å². The predicted octanol–water partition coefficient (Wildman–Crippen LogP) is 2.75. The van der Waals surface area contributed by atoms with E-state index in [1.165, 1.54) is 16.9 Å². The maximum absolute atomic E-state index is 13.8. The molecular weight excluding hydrogens is 476 g/mol. The van der Waals surface area contributed by atoms with Crippen molar-refractivity contribution in [3.8, 4) is 17.3 Å². The van der Waals surface area contributed by atoms with E-state index in [4.69, 9.17) is 9.15 Å². The van der Waals surface area contributed by atoms with Gasteiger partial charge in [0.25, 0.3) is 0 Å². The molecule has 3 heterocycles. The molecule has 11 nitrogen and oxygen atoms in total. The number of hydrogen-bond donors (Lipinski definition) is 2. The minimum absolute atomic E-state index is 0.0862. The van der Waals surface area contributed by atoms with E-state index in [1.807, 2.05) is 6.92 Å². The van der Waals surface area contributed by atoms with Gasteiger partial charge in [-0.25, -0.2) is 0 Å². The summed E-state index contributed by atoms with van der Waals surface area (Å²) >= 11 is 0. The molecule has 196 valence electrons. The molecule has 0 spiro atoms. The van der Waals surface area contributed by atoms with Crippen molar-refractivity contribution in [2.45, 2.75) is 70.2 Å². The number of aromatic hydroxyl groups is 1. The number of rotatable bonds is 9. The molecule has 1 aliphatic carbocycles. The Bertz CT molecular complexity index is 1210. The number of benzene rings is 1. The van der Waals surface area contributed by atoms with Gasteiger partial charge in [-0.15, -0.1) is 10.2 Å². The van der Waals surface area contributed by atoms with E-state index in [2.05, 4.69) is 20.7 Å². The van der Waals surface area contributed by atoms with Gasteiger partial charge in [0.1, 0.15) is 24.1 Å². The Labute approximate surface area is 214 Å². The molecular formula is C26H32N6O5. The zero-order valence-corrected chi connectivity index (χ0v) is 20.9. The second kappa shape index (κ2) is 11.1. The molecule has 0 radical (unpaired) electrons. The summed E-state index contributed by atoms with van der Waals surface area (Å²) in [6.45, 7) is 2.49. The van der Waals surface area contributed by atoms with Gasteiger partial charge < -0.3 is 24.5 Å². The number of carbonyl (C=O) groups is 2. The molecule has 1 aliphatic heterocycles. The lowest BCUT2D eigenvalue weighted by Crippen LogP contribution is -2.49. The van der Waals surface area contributed by atoms with Gasteiger partial charge in [-0.2, -0.15) is 4.80 Å². The van der Waals surface area contributed by atoms with Crippen LogP contribution in [-0.4, -0.2) is 67.3 Å². The molecule has 37 heavy (non-hydrogen) atoms. The fourth-order valence-corrected chi connectivity index (χ4v) is 5.01. The quantitative estimate of drug-likeness (QED) is 0.450. The predicted molar refractivity (Wildman–Crippen MR) is 132 cm³/mol. The average Bonchev–Trinajstić information content (AvgIpc) is 3.69. The van der Waals surface area contributed by atoms with Gasteiger partial charge >= 0.3 is 0 Å². The summed E-state index contributed by atoms with van der Waals surface area (Å²) in [4.78, 5) is 30.2. The summed E-state index contributed by atoms with van der Waals surface area (Å²) < 4.78 is 11.4. The Morgan fingerprint density at radius 1 is 1.14 bits per heavy atom. The Kier molecular flexibility index (Phi) is 7.50. The standard InChI is InChI=1S/C26H32N6O5/c1-17-8-13-22(37-17)25-28-30-32(29-25)16-23(34)31(15-21-7-4-14-36-21)24(18-9-11-20(33)12-10-18)26(35)27-19-5-2-3-6-19/h8-13,19,21,24,33H,2-7,14-16H2,1H3,(H,27,35)/t21-,24+/m1/s1. The fourth-order valence-electron chi connectivity index (χ4n) is 5.01. The molecule has 0 unspecified atom stereocenters. The summed E-state index contributed by atoms with van der Waals surface area (Å²) in [7, 11) is 0. The number of ether oxygens (including phenoxy) is 1. The van der Waals surface area contributed by atoms with E-state index in [9.17, 15) is 14.7 Å². The smallest absolute Gasteiger partial charge is 0.247 e. The zero-order chi connectivity index (χ0) is 25.8. The van der Waals surface area contributed by atoms with Crippen LogP contribution in [0.15, 0.2) is 40.8 Å². The molecule has 5 rings (SSSR count). The number of phenols is 1. The third-order valence-electron chi connectivity index (χ3n) is 6.91. The lowest BCUT2D eigenvalue weighted by Gasteiger charge is -2.33. The number of hydrogen-bond acceptors (Lipinski definition) is 8. The molecule has 1 saturated heterocycles. The third-order valence-corrected chi connectivity index (χ3v) is 6.91. The molecule has 11 heteroatoms. The van der Waals surface area contributed by atoms with Gasteiger partial charge in [0.2, 0.25) is 17.6 Å². The normalized spacial score (nSPS) is 18.7. The second-order valence-corrected chi connectivity index (χ2v) is 9.72. The third kappa shape index (κ3) is 5.99. The number of aromatic nitrogens is 4. The van der Waals surface area contributed by atoms with Gasteiger partial charge in [-0.1, -0.05) is 25.0 Å². The Morgan fingerprint density at radius 2 is 1.92 bits per heavy atom. The van der Waals surface area contributed by atoms with Crippen LogP contribution in [-0.2, 0) is 20.9 Å². The summed E-state index contributed by atoms with van der Waals surface area (Å²) in [5.41, 5.74) is 0.609. The fraction of sp³-hybridized carbons (Fsp3) is 0.500. The van der Waals surface area contributed by atoms with Crippen LogP contribution in [0.5, 0.6) is 5.75 Å². The topological polar surface area (TPSA) is 136 Å². The number of amides is 2. The molecule has 0 bridgehead atoms. The van der Waals surface area contributed by atoms with Gasteiger partial charge in [-0.3, -0.25) is 9.59 Å². The van der Waals surface area contributed by atoms with E-state index >= 15 is 0 Å². The average molecular weight is 509 g/mol. The van der Waals surface area contributed by atoms with E-state index < -0.39 is 6.04 Å².